The van der Waals surface area contributed by atoms with Crippen LogP contribution in [-0.4, -0.2) is 42.0 Å². The van der Waals surface area contributed by atoms with Gasteiger partial charge in [0.1, 0.15) is 0 Å². The van der Waals surface area contributed by atoms with Crippen LogP contribution in [0, 0.1) is 17.8 Å². The number of carbonyl (C=O) groups excluding carboxylic acids is 1. The summed E-state index contributed by atoms with van der Waals surface area (Å²) in [7, 11) is 0. The second kappa shape index (κ2) is 5.02. The molecule has 0 N–H and O–H groups in total. The maximum absolute atomic E-state index is 12.7. The fourth-order valence-corrected chi connectivity index (χ4v) is 4.97. The number of carbonyl (C=O) groups is 1. The molecule has 0 spiro atoms. The van der Waals surface area contributed by atoms with Crippen LogP contribution in [0.15, 0.2) is 11.6 Å². The maximum atomic E-state index is 12.7. The summed E-state index contributed by atoms with van der Waals surface area (Å²) in [4.78, 5) is 21.4. The molecule has 5 heteroatoms. The number of aromatic nitrogens is 1. The summed E-state index contributed by atoms with van der Waals surface area (Å²) in [6, 6.07) is 0. The molecule has 1 saturated heterocycles. The third kappa shape index (κ3) is 2.12. The summed E-state index contributed by atoms with van der Waals surface area (Å²) in [6.45, 7) is 3.60. The van der Waals surface area contributed by atoms with Crippen molar-refractivity contribution < 1.29 is 4.79 Å². The molecule has 20 heavy (non-hydrogen) atoms. The lowest BCUT2D eigenvalue weighted by Gasteiger charge is -2.37. The lowest BCUT2D eigenvalue weighted by atomic mass is 9.87. The summed E-state index contributed by atoms with van der Waals surface area (Å²) in [5.41, 5.74) is 0. The lowest BCUT2D eigenvalue weighted by molar-refractivity contribution is -0.137. The van der Waals surface area contributed by atoms with Gasteiger partial charge in [0.2, 0.25) is 5.91 Å². The first-order valence-corrected chi connectivity index (χ1v) is 8.62. The molecule has 4 rings (SSSR count). The van der Waals surface area contributed by atoms with Gasteiger partial charge in [-0.05, 0) is 31.1 Å². The van der Waals surface area contributed by atoms with Crippen LogP contribution in [0.2, 0.25) is 0 Å². The molecular formula is C15H21N3OS. The highest BCUT2D eigenvalue weighted by Crippen LogP contribution is 2.48. The third-order valence-electron chi connectivity index (χ3n) is 5.34. The van der Waals surface area contributed by atoms with E-state index in [1.54, 1.807) is 11.3 Å². The molecule has 3 aliphatic rings. The monoisotopic (exact) mass is 291 g/mol. The Labute approximate surface area is 123 Å². The van der Waals surface area contributed by atoms with Gasteiger partial charge in [0.15, 0.2) is 5.13 Å². The first kappa shape index (κ1) is 12.6. The van der Waals surface area contributed by atoms with Crippen LogP contribution < -0.4 is 4.90 Å². The van der Waals surface area contributed by atoms with E-state index in [1.165, 1.54) is 19.3 Å². The Balaban J connectivity index is 1.36. The van der Waals surface area contributed by atoms with Crippen LogP contribution in [0.4, 0.5) is 5.13 Å². The van der Waals surface area contributed by atoms with Crippen LogP contribution in [0.25, 0.3) is 0 Å². The molecule has 3 atom stereocenters. The van der Waals surface area contributed by atoms with Crippen molar-refractivity contribution in [1.29, 1.82) is 0 Å². The number of rotatable bonds is 2. The quantitative estimate of drug-likeness (QED) is 0.838. The normalized spacial score (nSPS) is 32.9. The van der Waals surface area contributed by atoms with Gasteiger partial charge in [-0.15, -0.1) is 11.3 Å². The third-order valence-corrected chi connectivity index (χ3v) is 6.17. The SMILES string of the molecule is O=C([C@@H]1C[C@H]2CC[C@H]1C2)N1CCN(c2nccs2)CC1. The number of nitrogens with zero attached hydrogens (tertiary/aromatic N) is 3. The zero-order chi connectivity index (χ0) is 13.5. The van der Waals surface area contributed by atoms with Crippen LogP contribution in [-0.2, 0) is 4.79 Å². The Bertz CT molecular complexity index is 481. The van der Waals surface area contributed by atoms with E-state index in [0.29, 0.717) is 17.7 Å². The Morgan fingerprint density at radius 3 is 2.65 bits per heavy atom. The Morgan fingerprint density at radius 1 is 1.20 bits per heavy atom. The zero-order valence-electron chi connectivity index (χ0n) is 11.7. The van der Waals surface area contributed by atoms with Crippen molar-refractivity contribution in [3.05, 3.63) is 11.6 Å². The number of fused-ring (bicyclic) bond motifs is 2. The Hall–Kier alpha value is -1.10. The molecule has 1 aromatic heterocycles. The first-order valence-electron chi connectivity index (χ1n) is 7.74. The summed E-state index contributed by atoms with van der Waals surface area (Å²) in [5.74, 6) is 2.34. The average molecular weight is 291 g/mol. The topological polar surface area (TPSA) is 36.4 Å². The lowest BCUT2D eigenvalue weighted by Crippen LogP contribution is -2.51. The van der Waals surface area contributed by atoms with E-state index in [9.17, 15) is 4.79 Å². The fraction of sp³-hybridized carbons (Fsp3) is 0.733. The predicted octanol–water partition coefficient (Wildman–Crippen LogP) is 2.23. The summed E-state index contributed by atoms with van der Waals surface area (Å²) in [5, 5.41) is 3.11. The molecule has 1 aliphatic heterocycles. The van der Waals surface area contributed by atoms with Gasteiger partial charge in [-0.25, -0.2) is 4.98 Å². The molecule has 4 nitrogen and oxygen atoms in total. The molecule has 2 aliphatic carbocycles. The summed E-state index contributed by atoms with van der Waals surface area (Å²) < 4.78 is 0. The van der Waals surface area contributed by atoms with Crippen LogP contribution in [0.5, 0.6) is 0 Å². The van der Waals surface area contributed by atoms with E-state index in [4.69, 9.17) is 0 Å². The number of anilines is 1. The largest absolute Gasteiger partial charge is 0.345 e. The molecule has 2 bridgehead atoms. The van der Waals surface area contributed by atoms with Gasteiger partial charge in [-0.1, -0.05) is 6.42 Å². The van der Waals surface area contributed by atoms with E-state index in [0.717, 1.165) is 43.6 Å². The highest BCUT2D eigenvalue weighted by Gasteiger charge is 2.44. The van der Waals surface area contributed by atoms with Gasteiger partial charge in [0.25, 0.3) is 0 Å². The molecule has 2 heterocycles. The minimum atomic E-state index is 0.347. The van der Waals surface area contributed by atoms with E-state index in [1.807, 2.05) is 11.6 Å². The maximum Gasteiger partial charge on any atom is 0.226 e. The zero-order valence-corrected chi connectivity index (χ0v) is 12.5. The second-order valence-electron chi connectivity index (χ2n) is 6.41. The average Bonchev–Trinajstić information content (AvgIpc) is 3.23. The molecule has 0 unspecified atom stereocenters. The molecule has 0 aromatic carbocycles. The van der Waals surface area contributed by atoms with Gasteiger partial charge in [0, 0.05) is 43.7 Å². The first-order chi connectivity index (χ1) is 9.81. The van der Waals surface area contributed by atoms with E-state index in [2.05, 4.69) is 14.8 Å². The van der Waals surface area contributed by atoms with Crippen molar-refractivity contribution in [1.82, 2.24) is 9.88 Å². The summed E-state index contributed by atoms with van der Waals surface area (Å²) >= 11 is 1.69. The van der Waals surface area contributed by atoms with Gasteiger partial charge in [-0.2, -0.15) is 0 Å². The van der Waals surface area contributed by atoms with Crippen molar-refractivity contribution in [3.63, 3.8) is 0 Å². The van der Waals surface area contributed by atoms with Gasteiger partial charge >= 0.3 is 0 Å². The standard InChI is InChI=1S/C15H21N3OS/c19-14(13-10-11-1-2-12(13)9-11)17-4-6-18(7-5-17)15-16-3-8-20-15/h3,8,11-13H,1-2,4-7,9-10H2/t11-,12-,13+/m0/s1. The van der Waals surface area contributed by atoms with Crippen LogP contribution in [0.3, 0.4) is 0 Å². The van der Waals surface area contributed by atoms with Crippen molar-refractivity contribution in [2.75, 3.05) is 31.1 Å². The van der Waals surface area contributed by atoms with Crippen molar-refractivity contribution >= 4 is 22.4 Å². The van der Waals surface area contributed by atoms with Gasteiger partial charge in [0.05, 0.1) is 0 Å². The minimum Gasteiger partial charge on any atom is -0.345 e. The van der Waals surface area contributed by atoms with Crippen molar-refractivity contribution in [2.45, 2.75) is 25.7 Å². The molecular weight excluding hydrogens is 270 g/mol. The Kier molecular flexibility index (Phi) is 3.17. The summed E-state index contributed by atoms with van der Waals surface area (Å²) in [6.07, 6.45) is 6.99. The van der Waals surface area contributed by atoms with E-state index < -0.39 is 0 Å². The number of piperazine rings is 1. The van der Waals surface area contributed by atoms with Crippen molar-refractivity contribution in [2.24, 2.45) is 17.8 Å². The fourth-order valence-electron chi connectivity index (χ4n) is 4.27. The number of amides is 1. The molecule has 108 valence electrons. The van der Waals surface area contributed by atoms with E-state index >= 15 is 0 Å². The molecule has 1 amide bonds. The minimum absolute atomic E-state index is 0.347. The molecule has 1 aromatic rings. The molecule has 2 saturated carbocycles. The Morgan fingerprint density at radius 2 is 2.05 bits per heavy atom. The highest BCUT2D eigenvalue weighted by atomic mass is 32.1. The van der Waals surface area contributed by atoms with Crippen LogP contribution >= 0.6 is 11.3 Å². The van der Waals surface area contributed by atoms with Crippen LogP contribution in [0.1, 0.15) is 25.7 Å². The smallest absolute Gasteiger partial charge is 0.226 e. The number of thiazole rings is 1. The number of hydrogen-bond donors (Lipinski definition) is 0. The highest BCUT2D eigenvalue weighted by molar-refractivity contribution is 7.13. The number of hydrogen-bond acceptors (Lipinski definition) is 4. The second-order valence-corrected chi connectivity index (χ2v) is 7.28. The van der Waals surface area contributed by atoms with E-state index in [-0.39, 0.29) is 0 Å². The van der Waals surface area contributed by atoms with Gasteiger partial charge < -0.3 is 9.80 Å². The molecule has 0 radical (unpaired) electrons. The molecule has 3 fully saturated rings. The van der Waals surface area contributed by atoms with Gasteiger partial charge in [-0.3, -0.25) is 4.79 Å². The van der Waals surface area contributed by atoms with Crippen molar-refractivity contribution in [3.8, 4) is 0 Å². The predicted molar refractivity (Wildman–Crippen MR) is 79.8 cm³/mol.